The van der Waals surface area contributed by atoms with Gasteiger partial charge in [-0.15, -0.1) is 0 Å². The van der Waals surface area contributed by atoms with E-state index in [1.165, 1.54) is 0 Å². The number of benzene rings is 1. The molecule has 130 valence electrons. The van der Waals surface area contributed by atoms with Gasteiger partial charge in [-0.2, -0.15) is 0 Å². The third-order valence-electron chi connectivity index (χ3n) is 5.50. The Kier molecular flexibility index (Phi) is 4.90. The fraction of sp³-hybridized carbons (Fsp3) is 0.579. The van der Waals surface area contributed by atoms with Gasteiger partial charge in [0.2, 0.25) is 5.91 Å². The maximum Gasteiger partial charge on any atom is 0.254 e. The Morgan fingerprint density at radius 2 is 1.83 bits per heavy atom. The van der Waals surface area contributed by atoms with Crippen molar-refractivity contribution in [2.24, 2.45) is 5.73 Å². The molecule has 0 spiro atoms. The molecule has 1 heterocycles. The van der Waals surface area contributed by atoms with Crippen LogP contribution in [0.25, 0.3) is 0 Å². The van der Waals surface area contributed by atoms with Gasteiger partial charge < -0.3 is 16.0 Å². The monoisotopic (exact) mass is 329 g/mol. The van der Waals surface area contributed by atoms with Crippen LogP contribution >= 0.6 is 0 Å². The van der Waals surface area contributed by atoms with E-state index in [0.717, 1.165) is 32.1 Å². The van der Waals surface area contributed by atoms with Crippen molar-refractivity contribution in [1.82, 2.24) is 10.2 Å². The largest absolute Gasteiger partial charge is 0.351 e. The zero-order chi connectivity index (χ0) is 17.2. The minimum atomic E-state index is -0.757. The Morgan fingerprint density at radius 3 is 2.50 bits per heavy atom. The molecule has 2 fully saturated rings. The molecule has 1 aromatic rings. The number of nitrogens with one attached hydrogen (secondary N) is 1. The van der Waals surface area contributed by atoms with E-state index in [0.29, 0.717) is 18.5 Å². The topological polar surface area (TPSA) is 75.4 Å². The molecule has 1 aliphatic heterocycles. The second-order valence-electron chi connectivity index (χ2n) is 7.29. The highest BCUT2D eigenvalue weighted by Gasteiger charge is 2.46. The van der Waals surface area contributed by atoms with E-state index in [4.69, 9.17) is 5.73 Å². The second kappa shape index (κ2) is 6.93. The summed E-state index contributed by atoms with van der Waals surface area (Å²) in [5, 5.41) is 3.17. The number of rotatable bonds is 3. The molecule has 1 unspecified atom stereocenters. The normalized spacial score (nSPS) is 30.2. The fourth-order valence-electron chi connectivity index (χ4n) is 3.87. The van der Waals surface area contributed by atoms with Crippen molar-refractivity contribution in [3.05, 3.63) is 35.9 Å². The number of carbonyl (C=O) groups is 2. The highest BCUT2D eigenvalue weighted by molar-refractivity contribution is 5.99. The first-order chi connectivity index (χ1) is 11.5. The number of hydrogen-bond acceptors (Lipinski definition) is 3. The molecule has 2 amide bonds. The number of carbonyl (C=O) groups excluding carboxylic acids is 2. The van der Waals surface area contributed by atoms with Crippen LogP contribution in [0.2, 0.25) is 0 Å². The van der Waals surface area contributed by atoms with E-state index >= 15 is 0 Å². The van der Waals surface area contributed by atoms with Crippen LogP contribution in [0.1, 0.15) is 55.8 Å². The molecule has 1 saturated carbocycles. The van der Waals surface area contributed by atoms with Crippen LogP contribution < -0.4 is 11.1 Å². The summed E-state index contributed by atoms with van der Waals surface area (Å²) < 4.78 is 0. The minimum absolute atomic E-state index is 0.0234. The molecule has 1 aromatic carbocycles. The first-order valence-electron chi connectivity index (χ1n) is 8.94. The first-order valence-corrected chi connectivity index (χ1v) is 8.94. The van der Waals surface area contributed by atoms with Gasteiger partial charge in [0.15, 0.2) is 0 Å². The first kappa shape index (κ1) is 17.0. The van der Waals surface area contributed by atoms with E-state index < -0.39 is 5.54 Å². The van der Waals surface area contributed by atoms with E-state index in [-0.39, 0.29) is 23.9 Å². The highest BCUT2D eigenvalue weighted by Crippen LogP contribution is 2.31. The van der Waals surface area contributed by atoms with Gasteiger partial charge in [-0.3, -0.25) is 9.59 Å². The van der Waals surface area contributed by atoms with Crippen LogP contribution in [-0.2, 0) is 4.79 Å². The quantitative estimate of drug-likeness (QED) is 0.891. The second-order valence-corrected chi connectivity index (χ2v) is 7.29. The summed E-state index contributed by atoms with van der Waals surface area (Å²) in [4.78, 5) is 27.5. The van der Waals surface area contributed by atoms with Crippen molar-refractivity contribution in [3.63, 3.8) is 0 Å². The van der Waals surface area contributed by atoms with Crippen molar-refractivity contribution < 1.29 is 9.59 Å². The smallest absolute Gasteiger partial charge is 0.254 e. The molecule has 3 rings (SSSR count). The van der Waals surface area contributed by atoms with Crippen LogP contribution in [-0.4, -0.2) is 40.9 Å². The SMILES string of the molecule is CC1(C(=O)NC2CCC(N)CC2)CCCN1C(=O)c1ccccc1. The average molecular weight is 329 g/mol. The Labute approximate surface area is 143 Å². The third kappa shape index (κ3) is 3.31. The van der Waals surface area contributed by atoms with Gasteiger partial charge in [0, 0.05) is 24.2 Å². The summed E-state index contributed by atoms with van der Waals surface area (Å²) in [5.41, 5.74) is 5.82. The van der Waals surface area contributed by atoms with Crippen LogP contribution in [0, 0.1) is 0 Å². The number of hydrogen-bond donors (Lipinski definition) is 2. The number of likely N-dealkylation sites (tertiary alicyclic amines) is 1. The lowest BCUT2D eigenvalue weighted by molar-refractivity contribution is -0.130. The maximum atomic E-state index is 12.9. The molecular weight excluding hydrogens is 302 g/mol. The standard InChI is InChI=1S/C19H27N3O2/c1-19(18(24)21-16-10-8-15(20)9-11-16)12-5-13-22(19)17(23)14-6-3-2-4-7-14/h2-4,6-7,15-16H,5,8-13,20H2,1H3,(H,21,24). The predicted octanol–water partition coefficient (Wildman–Crippen LogP) is 2.07. The zero-order valence-corrected chi connectivity index (χ0v) is 14.3. The molecule has 2 aliphatic rings. The zero-order valence-electron chi connectivity index (χ0n) is 14.3. The third-order valence-corrected chi connectivity index (χ3v) is 5.50. The fourth-order valence-corrected chi connectivity index (χ4v) is 3.87. The Hall–Kier alpha value is -1.88. The van der Waals surface area contributed by atoms with Gasteiger partial charge in [-0.25, -0.2) is 0 Å². The molecule has 0 radical (unpaired) electrons. The van der Waals surface area contributed by atoms with Crippen LogP contribution in [0.5, 0.6) is 0 Å². The van der Waals surface area contributed by atoms with Gasteiger partial charge in [0.1, 0.15) is 5.54 Å². The van der Waals surface area contributed by atoms with E-state index in [2.05, 4.69) is 5.32 Å². The van der Waals surface area contributed by atoms with E-state index in [1.54, 1.807) is 4.90 Å². The maximum absolute atomic E-state index is 12.9. The lowest BCUT2D eigenvalue weighted by Gasteiger charge is -2.36. The van der Waals surface area contributed by atoms with Gasteiger partial charge >= 0.3 is 0 Å². The van der Waals surface area contributed by atoms with Crippen molar-refractivity contribution in [2.75, 3.05) is 6.54 Å². The van der Waals surface area contributed by atoms with Gasteiger partial charge in [-0.05, 0) is 57.6 Å². The van der Waals surface area contributed by atoms with Crippen LogP contribution in [0.3, 0.4) is 0 Å². The van der Waals surface area contributed by atoms with E-state index in [1.807, 2.05) is 37.3 Å². The van der Waals surface area contributed by atoms with Gasteiger partial charge in [0.25, 0.3) is 5.91 Å². The van der Waals surface area contributed by atoms with E-state index in [9.17, 15) is 9.59 Å². The van der Waals surface area contributed by atoms with Crippen molar-refractivity contribution in [1.29, 1.82) is 0 Å². The number of nitrogens with zero attached hydrogens (tertiary/aromatic N) is 1. The number of amides is 2. The molecule has 1 saturated heterocycles. The summed E-state index contributed by atoms with van der Waals surface area (Å²) in [7, 11) is 0. The number of nitrogens with two attached hydrogens (primary N) is 1. The van der Waals surface area contributed by atoms with Gasteiger partial charge in [-0.1, -0.05) is 18.2 Å². The molecule has 0 bridgehead atoms. The van der Waals surface area contributed by atoms with Crippen LogP contribution in [0.15, 0.2) is 30.3 Å². The summed E-state index contributed by atoms with van der Waals surface area (Å²) in [6.07, 6.45) is 5.33. The summed E-state index contributed by atoms with van der Waals surface area (Å²) in [6, 6.07) is 9.65. The molecule has 24 heavy (non-hydrogen) atoms. The summed E-state index contributed by atoms with van der Waals surface area (Å²) in [6.45, 7) is 2.53. The Morgan fingerprint density at radius 1 is 1.17 bits per heavy atom. The highest BCUT2D eigenvalue weighted by atomic mass is 16.2. The minimum Gasteiger partial charge on any atom is -0.351 e. The Bertz CT molecular complexity index is 596. The Balaban J connectivity index is 1.70. The lowest BCUT2D eigenvalue weighted by Crippen LogP contribution is -2.57. The van der Waals surface area contributed by atoms with Crippen molar-refractivity contribution in [2.45, 2.75) is 63.1 Å². The lowest BCUT2D eigenvalue weighted by atomic mass is 9.90. The van der Waals surface area contributed by atoms with Gasteiger partial charge in [0.05, 0.1) is 0 Å². The van der Waals surface area contributed by atoms with Crippen molar-refractivity contribution in [3.8, 4) is 0 Å². The molecule has 0 aromatic heterocycles. The molecule has 5 heteroatoms. The molecule has 3 N–H and O–H groups in total. The molecule has 1 aliphatic carbocycles. The van der Waals surface area contributed by atoms with Crippen LogP contribution in [0.4, 0.5) is 0 Å². The van der Waals surface area contributed by atoms with Crippen molar-refractivity contribution >= 4 is 11.8 Å². The molecule has 5 nitrogen and oxygen atoms in total. The molecular formula is C19H27N3O2. The summed E-state index contributed by atoms with van der Waals surface area (Å²) >= 11 is 0. The molecule has 1 atom stereocenters. The average Bonchev–Trinajstić information content (AvgIpc) is 3.00. The predicted molar refractivity (Wildman–Crippen MR) is 93.5 cm³/mol. The summed E-state index contributed by atoms with van der Waals surface area (Å²) in [5.74, 6) is -0.0823.